The van der Waals surface area contributed by atoms with Crippen LogP contribution in [0.1, 0.15) is 0 Å². The summed E-state index contributed by atoms with van der Waals surface area (Å²) < 4.78 is 2.46. The average molecular weight is 688 g/mol. The number of rotatable bonds is 5. The van der Waals surface area contributed by atoms with E-state index in [9.17, 15) is 0 Å². The normalized spacial score (nSPS) is 11.7. The van der Waals surface area contributed by atoms with Crippen molar-refractivity contribution in [3.8, 4) is 50.2 Å². The lowest BCUT2D eigenvalue weighted by molar-refractivity contribution is 1.17. The van der Waals surface area contributed by atoms with E-state index in [2.05, 4.69) is 198 Å². The summed E-state index contributed by atoms with van der Waals surface area (Å²) in [6, 6.07) is 68.2. The van der Waals surface area contributed by atoms with E-state index in [0.29, 0.717) is 0 Å². The van der Waals surface area contributed by atoms with Crippen molar-refractivity contribution >= 4 is 49.6 Å². The maximum atomic E-state index is 4.69. The van der Waals surface area contributed by atoms with Gasteiger partial charge in [0, 0.05) is 51.5 Å². The fourth-order valence-electron chi connectivity index (χ4n) is 8.62. The van der Waals surface area contributed by atoms with Crippen molar-refractivity contribution in [1.29, 1.82) is 0 Å². The average Bonchev–Trinajstić information content (AvgIpc) is 3.51. The van der Waals surface area contributed by atoms with Crippen molar-refractivity contribution in [2.75, 3.05) is 4.90 Å². The van der Waals surface area contributed by atoms with E-state index >= 15 is 0 Å². The van der Waals surface area contributed by atoms with E-state index in [1.165, 1.54) is 60.4 Å². The Labute approximate surface area is 313 Å². The van der Waals surface area contributed by atoms with Crippen molar-refractivity contribution < 1.29 is 0 Å². The second-order valence-corrected chi connectivity index (χ2v) is 14.0. The maximum Gasteiger partial charge on any atom is 0.0547 e. The third-order valence-electron chi connectivity index (χ3n) is 11.0. The zero-order chi connectivity index (χ0) is 35.6. The molecule has 0 saturated carbocycles. The summed E-state index contributed by atoms with van der Waals surface area (Å²) in [7, 11) is 0. The molecular formula is C51H33N3. The highest BCUT2D eigenvalue weighted by Gasteiger charge is 2.25. The molecule has 0 aliphatic heterocycles. The minimum Gasteiger partial charge on any atom is -0.310 e. The van der Waals surface area contributed by atoms with Crippen LogP contribution in [0.25, 0.3) is 82.8 Å². The molecule has 0 atom stereocenters. The van der Waals surface area contributed by atoms with Gasteiger partial charge in [-0.2, -0.15) is 0 Å². The molecule has 0 fully saturated rings. The zero-order valence-electron chi connectivity index (χ0n) is 29.4. The first-order valence-corrected chi connectivity index (χ1v) is 18.5. The van der Waals surface area contributed by atoms with Crippen LogP contribution in [0.4, 0.5) is 17.1 Å². The third kappa shape index (κ3) is 4.72. The molecule has 3 heteroatoms. The van der Waals surface area contributed by atoms with Gasteiger partial charge in [0.1, 0.15) is 0 Å². The molecule has 1 aliphatic carbocycles. The molecule has 252 valence electrons. The number of hydrogen-bond donors (Lipinski definition) is 0. The van der Waals surface area contributed by atoms with Crippen molar-refractivity contribution in [3.05, 3.63) is 200 Å². The topological polar surface area (TPSA) is 21.1 Å². The van der Waals surface area contributed by atoms with Gasteiger partial charge >= 0.3 is 0 Å². The summed E-state index contributed by atoms with van der Waals surface area (Å²) in [6.45, 7) is 0. The molecule has 0 N–H and O–H groups in total. The summed E-state index contributed by atoms with van der Waals surface area (Å²) in [6.07, 6.45) is 3.96. The molecule has 8 aromatic carbocycles. The van der Waals surface area contributed by atoms with E-state index in [-0.39, 0.29) is 0 Å². The van der Waals surface area contributed by atoms with Gasteiger partial charge in [-0.3, -0.25) is 4.98 Å². The highest BCUT2D eigenvalue weighted by molar-refractivity contribution is 6.18. The number of benzene rings is 8. The number of fused-ring (bicyclic) bond motifs is 8. The summed E-state index contributed by atoms with van der Waals surface area (Å²) in [5.74, 6) is 0. The number of hydrogen-bond acceptors (Lipinski definition) is 2. The Morgan fingerprint density at radius 1 is 0.389 bits per heavy atom. The minimum absolute atomic E-state index is 1.08. The van der Waals surface area contributed by atoms with Gasteiger partial charge < -0.3 is 9.47 Å². The number of anilines is 3. The van der Waals surface area contributed by atoms with Crippen molar-refractivity contribution in [2.45, 2.75) is 0 Å². The predicted octanol–water partition coefficient (Wildman–Crippen LogP) is 13.8. The molecule has 54 heavy (non-hydrogen) atoms. The molecule has 0 radical (unpaired) electrons. The van der Waals surface area contributed by atoms with Gasteiger partial charge in [0.05, 0.1) is 11.0 Å². The van der Waals surface area contributed by atoms with E-state index < -0.39 is 0 Å². The summed E-state index contributed by atoms with van der Waals surface area (Å²) in [5, 5.41) is 4.98. The van der Waals surface area contributed by atoms with Crippen molar-refractivity contribution in [1.82, 2.24) is 9.55 Å². The van der Waals surface area contributed by atoms with E-state index in [1.807, 2.05) is 12.4 Å². The largest absolute Gasteiger partial charge is 0.310 e. The zero-order valence-corrected chi connectivity index (χ0v) is 29.4. The monoisotopic (exact) mass is 687 g/mol. The lowest BCUT2D eigenvalue weighted by Gasteiger charge is -2.27. The number of nitrogens with zero attached hydrogens (tertiary/aromatic N) is 3. The van der Waals surface area contributed by atoms with Gasteiger partial charge in [-0.25, -0.2) is 0 Å². The molecular weight excluding hydrogens is 655 g/mol. The first-order valence-electron chi connectivity index (χ1n) is 18.5. The van der Waals surface area contributed by atoms with Crippen LogP contribution < -0.4 is 4.90 Å². The molecule has 0 amide bonds. The second kappa shape index (κ2) is 12.2. The predicted molar refractivity (Wildman–Crippen MR) is 226 cm³/mol. The number of para-hydroxylation sites is 3. The highest BCUT2D eigenvalue weighted by atomic mass is 15.1. The van der Waals surface area contributed by atoms with Crippen LogP contribution in [0.3, 0.4) is 0 Å². The van der Waals surface area contributed by atoms with Gasteiger partial charge in [0.25, 0.3) is 0 Å². The van der Waals surface area contributed by atoms with E-state index in [1.54, 1.807) is 0 Å². The molecule has 10 aromatic rings. The van der Waals surface area contributed by atoms with Gasteiger partial charge in [0.15, 0.2) is 0 Å². The van der Waals surface area contributed by atoms with Crippen LogP contribution in [0.15, 0.2) is 200 Å². The quantitative estimate of drug-likeness (QED) is 0.180. The van der Waals surface area contributed by atoms with Crippen LogP contribution >= 0.6 is 0 Å². The Hall–Kier alpha value is -7.23. The smallest absolute Gasteiger partial charge is 0.0547 e. The SMILES string of the molecule is c1ccc(-c2cc(N(c3ccccc3)c3ccccc3)cc(-n3c4ccccc4c4cc5c(cc43)-c3cnccc3-c3cccc4cccc-5c34)c2)cc1. The molecule has 2 heterocycles. The Morgan fingerprint density at radius 2 is 1.04 bits per heavy atom. The molecule has 1 aliphatic rings. The first-order chi connectivity index (χ1) is 26.8. The second-order valence-electron chi connectivity index (χ2n) is 14.0. The van der Waals surface area contributed by atoms with Gasteiger partial charge in [-0.1, -0.05) is 121 Å². The Bertz CT molecular complexity index is 2990. The van der Waals surface area contributed by atoms with Crippen LogP contribution in [-0.4, -0.2) is 9.55 Å². The molecule has 2 aromatic heterocycles. The maximum absolute atomic E-state index is 4.69. The van der Waals surface area contributed by atoms with Crippen LogP contribution in [0.5, 0.6) is 0 Å². The third-order valence-corrected chi connectivity index (χ3v) is 11.0. The Kier molecular flexibility index (Phi) is 6.86. The first kappa shape index (κ1) is 30.4. The molecule has 11 rings (SSSR count). The summed E-state index contributed by atoms with van der Waals surface area (Å²) in [4.78, 5) is 7.05. The standard InChI is InChI=1S/C51H33N3/c1-4-14-34(15-5-1)36-28-39(53(37-18-6-2-7-19-37)38-20-8-3-9-21-38)30-40(29-36)54-49-25-11-10-22-42(49)47-31-45-44-24-13-17-35-16-12-23-43(51(35)44)41-26-27-52-33-48(41)46(45)32-50(47)54/h1-33H. The lowest BCUT2D eigenvalue weighted by Crippen LogP contribution is -2.10. The summed E-state index contributed by atoms with van der Waals surface area (Å²) in [5.41, 5.74) is 16.3. The van der Waals surface area contributed by atoms with Crippen molar-refractivity contribution in [3.63, 3.8) is 0 Å². The van der Waals surface area contributed by atoms with Crippen LogP contribution in [-0.2, 0) is 0 Å². The van der Waals surface area contributed by atoms with Gasteiger partial charge in [0.2, 0.25) is 0 Å². The van der Waals surface area contributed by atoms with Gasteiger partial charge in [-0.15, -0.1) is 0 Å². The van der Waals surface area contributed by atoms with Crippen LogP contribution in [0, 0.1) is 0 Å². The Morgan fingerprint density at radius 3 is 1.78 bits per heavy atom. The highest BCUT2D eigenvalue weighted by Crippen LogP contribution is 2.50. The van der Waals surface area contributed by atoms with Gasteiger partial charge in [-0.05, 0) is 116 Å². The lowest BCUT2D eigenvalue weighted by atomic mass is 9.92. The molecule has 0 saturated heterocycles. The molecule has 0 spiro atoms. The fraction of sp³-hybridized carbons (Fsp3) is 0. The van der Waals surface area contributed by atoms with E-state index in [4.69, 9.17) is 4.98 Å². The number of aromatic nitrogens is 2. The number of pyridine rings is 1. The Balaban J connectivity index is 1.24. The van der Waals surface area contributed by atoms with E-state index in [0.717, 1.165) is 39.4 Å². The molecule has 3 nitrogen and oxygen atoms in total. The molecule has 0 unspecified atom stereocenters. The minimum atomic E-state index is 1.08. The summed E-state index contributed by atoms with van der Waals surface area (Å²) >= 11 is 0. The fourth-order valence-corrected chi connectivity index (χ4v) is 8.62. The molecule has 0 bridgehead atoms. The van der Waals surface area contributed by atoms with Crippen LogP contribution in [0.2, 0.25) is 0 Å². The van der Waals surface area contributed by atoms with Crippen molar-refractivity contribution in [2.24, 2.45) is 0 Å².